The molecule has 0 saturated heterocycles. The fourth-order valence-corrected chi connectivity index (χ4v) is 3.22. The van der Waals surface area contributed by atoms with Crippen LogP contribution in [0.4, 0.5) is 0 Å². The molecule has 90 valence electrons. The van der Waals surface area contributed by atoms with Gasteiger partial charge in [-0.2, -0.15) is 0 Å². The van der Waals surface area contributed by atoms with E-state index < -0.39 is 15.4 Å². The first-order valence-electron chi connectivity index (χ1n) is 5.00. The molecule has 0 amide bonds. The Kier molecular flexibility index (Phi) is 2.97. The van der Waals surface area contributed by atoms with Gasteiger partial charge in [-0.05, 0) is 6.07 Å². The molecule has 0 unspecified atom stereocenters. The maximum Gasteiger partial charge on any atom is 0.268 e. The molecule has 2 aromatic rings. The number of nitrogens with one attached hydrogen (secondary N) is 1. The van der Waals surface area contributed by atoms with Gasteiger partial charge >= 0.3 is 0 Å². The Labute approximate surface area is 103 Å². The Bertz CT molecular complexity index is 734. The second-order valence-corrected chi connectivity index (χ2v) is 6.14. The molecule has 6 heteroatoms. The van der Waals surface area contributed by atoms with Gasteiger partial charge in [0.25, 0.3) is 5.56 Å². The van der Waals surface area contributed by atoms with Crippen LogP contribution in [0.1, 0.15) is 6.92 Å². The van der Waals surface area contributed by atoms with Gasteiger partial charge in [-0.3, -0.25) is 4.79 Å². The Hall–Kier alpha value is -1.33. The number of para-hydroxylation sites is 1. The Morgan fingerprint density at radius 1 is 1.29 bits per heavy atom. The maximum atomic E-state index is 11.8. The standard InChI is InChI=1S/C11H10ClNO3S/c1-2-17(15,16)10-9(12)7-5-3-4-6-8(7)13-11(10)14/h3-6H,2H2,1H3,(H,13,14). The minimum atomic E-state index is -3.63. The molecule has 0 spiro atoms. The number of hydrogen-bond acceptors (Lipinski definition) is 3. The van der Waals surface area contributed by atoms with Gasteiger partial charge in [0.15, 0.2) is 14.7 Å². The number of pyridine rings is 1. The van der Waals surface area contributed by atoms with Gasteiger partial charge in [0, 0.05) is 10.9 Å². The molecule has 0 atom stereocenters. The zero-order chi connectivity index (χ0) is 12.6. The zero-order valence-corrected chi connectivity index (χ0v) is 10.6. The summed E-state index contributed by atoms with van der Waals surface area (Å²) in [5.74, 6) is -0.159. The molecule has 17 heavy (non-hydrogen) atoms. The van der Waals surface area contributed by atoms with Gasteiger partial charge in [-0.1, -0.05) is 36.7 Å². The van der Waals surface area contributed by atoms with Gasteiger partial charge < -0.3 is 4.98 Å². The first kappa shape index (κ1) is 12.1. The first-order chi connectivity index (χ1) is 7.97. The number of sulfone groups is 1. The summed E-state index contributed by atoms with van der Waals surface area (Å²) in [5, 5.41) is 0.520. The Balaban J connectivity index is 2.97. The van der Waals surface area contributed by atoms with Crippen molar-refractivity contribution in [3.05, 3.63) is 39.6 Å². The van der Waals surface area contributed by atoms with Crippen molar-refractivity contribution in [3.63, 3.8) is 0 Å². The average molecular weight is 272 g/mol. The van der Waals surface area contributed by atoms with Gasteiger partial charge in [0.2, 0.25) is 0 Å². The van der Waals surface area contributed by atoms with Gasteiger partial charge in [0.05, 0.1) is 10.8 Å². The van der Waals surface area contributed by atoms with Crippen LogP contribution in [-0.4, -0.2) is 19.2 Å². The molecule has 0 aliphatic rings. The Morgan fingerprint density at radius 3 is 2.59 bits per heavy atom. The van der Waals surface area contributed by atoms with Crippen molar-refractivity contribution in [2.45, 2.75) is 11.8 Å². The van der Waals surface area contributed by atoms with Gasteiger partial charge in [-0.25, -0.2) is 8.42 Å². The fourth-order valence-electron chi connectivity index (χ4n) is 1.61. The largest absolute Gasteiger partial charge is 0.321 e. The van der Waals surface area contributed by atoms with Crippen molar-refractivity contribution in [3.8, 4) is 0 Å². The number of hydrogen-bond donors (Lipinski definition) is 1. The summed E-state index contributed by atoms with van der Waals surface area (Å²) in [6.45, 7) is 1.47. The van der Waals surface area contributed by atoms with Gasteiger partial charge in [0.1, 0.15) is 0 Å². The van der Waals surface area contributed by atoms with Crippen LogP contribution in [0.15, 0.2) is 34.0 Å². The number of halogens is 1. The van der Waals surface area contributed by atoms with E-state index in [-0.39, 0.29) is 15.7 Å². The third kappa shape index (κ3) is 1.96. The lowest BCUT2D eigenvalue weighted by Gasteiger charge is -2.06. The molecule has 1 aromatic heterocycles. The van der Waals surface area contributed by atoms with Crippen molar-refractivity contribution in [2.75, 3.05) is 5.75 Å². The molecular formula is C11H10ClNO3S. The first-order valence-corrected chi connectivity index (χ1v) is 7.03. The molecule has 1 aromatic carbocycles. The minimum Gasteiger partial charge on any atom is -0.321 e. The van der Waals surface area contributed by atoms with Crippen LogP contribution in [0.25, 0.3) is 10.9 Å². The smallest absolute Gasteiger partial charge is 0.268 e. The second kappa shape index (κ2) is 4.16. The summed E-state index contributed by atoms with van der Waals surface area (Å²) in [7, 11) is -3.63. The van der Waals surface area contributed by atoms with Gasteiger partial charge in [-0.15, -0.1) is 0 Å². The van der Waals surface area contributed by atoms with E-state index in [4.69, 9.17) is 11.6 Å². The van der Waals surface area contributed by atoms with Crippen molar-refractivity contribution in [2.24, 2.45) is 0 Å². The second-order valence-electron chi connectivity index (χ2n) is 3.55. The summed E-state index contributed by atoms with van der Waals surface area (Å²) in [6.07, 6.45) is 0. The van der Waals surface area contributed by atoms with E-state index in [2.05, 4.69) is 4.98 Å². The number of aromatic nitrogens is 1. The number of fused-ring (bicyclic) bond motifs is 1. The van der Waals surface area contributed by atoms with Crippen LogP contribution in [0.2, 0.25) is 5.02 Å². The van der Waals surface area contributed by atoms with E-state index in [0.717, 1.165) is 0 Å². The summed E-state index contributed by atoms with van der Waals surface area (Å²) >= 11 is 6.01. The van der Waals surface area contributed by atoms with Crippen molar-refractivity contribution in [1.29, 1.82) is 0 Å². The third-order valence-corrected chi connectivity index (χ3v) is 4.78. The van der Waals surface area contributed by atoms with Crippen LogP contribution < -0.4 is 5.56 Å². The van der Waals surface area contributed by atoms with Crippen molar-refractivity contribution < 1.29 is 8.42 Å². The Morgan fingerprint density at radius 2 is 1.94 bits per heavy atom. The van der Waals surface area contributed by atoms with E-state index in [9.17, 15) is 13.2 Å². The SMILES string of the molecule is CCS(=O)(=O)c1c(Cl)c2ccccc2[nH]c1=O. The maximum absolute atomic E-state index is 11.8. The van der Waals surface area contributed by atoms with Crippen molar-refractivity contribution >= 4 is 32.3 Å². The molecule has 0 bridgehead atoms. The lowest BCUT2D eigenvalue weighted by atomic mass is 10.2. The van der Waals surface area contributed by atoms with Crippen LogP contribution >= 0.6 is 11.6 Å². The quantitative estimate of drug-likeness (QED) is 0.908. The highest BCUT2D eigenvalue weighted by Gasteiger charge is 2.22. The predicted molar refractivity (Wildman–Crippen MR) is 67.3 cm³/mol. The van der Waals surface area contributed by atoms with E-state index in [0.29, 0.717) is 10.9 Å². The van der Waals surface area contributed by atoms with Crippen LogP contribution in [-0.2, 0) is 9.84 Å². The highest BCUT2D eigenvalue weighted by molar-refractivity contribution is 7.91. The predicted octanol–water partition coefficient (Wildman–Crippen LogP) is 1.98. The third-order valence-electron chi connectivity index (χ3n) is 2.51. The molecule has 0 saturated carbocycles. The van der Waals surface area contributed by atoms with E-state index in [1.54, 1.807) is 24.3 Å². The highest BCUT2D eigenvalue weighted by Crippen LogP contribution is 2.26. The van der Waals surface area contributed by atoms with Crippen molar-refractivity contribution in [1.82, 2.24) is 4.98 Å². The fraction of sp³-hybridized carbons (Fsp3) is 0.182. The summed E-state index contributed by atoms with van der Waals surface area (Å²) in [4.78, 5) is 13.9. The summed E-state index contributed by atoms with van der Waals surface area (Å²) in [6, 6.07) is 6.81. The number of rotatable bonds is 2. The lowest BCUT2D eigenvalue weighted by Crippen LogP contribution is -2.19. The molecule has 2 rings (SSSR count). The molecule has 0 aliphatic heterocycles. The number of aromatic amines is 1. The monoisotopic (exact) mass is 271 g/mol. The zero-order valence-electron chi connectivity index (χ0n) is 9.03. The van der Waals surface area contributed by atoms with Crippen LogP contribution in [0.3, 0.4) is 0 Å². The van der Waals surface area contributed by atoms with Crippen LogP contribution in [0, 0.1) is 0 Å². The molecule has 1 heterocycles. The summed E-state index contributed by atoms with van der Waals surface area (Å²) in [5.41, 5.74) is -0.145. The van der Waals surface area contributed by atoms with Crippen LogP contribution in [0.5, 0.6) is 0 Å². The highest BCUT2D eigenvalue weighted by atomic mass is 35.5. The molecule has 4 nitrogen and oxygen atoms in total. The average Bonchev–Trinajstić information content (AvgIpc) is 2.28. The molecule has 0 fully saturated rings. The van der Waals surface area contributed by atoms with E-state index in [1.165, 1.54) is 6.92 Å². The normalized spacial score (nSPS) is 11.9. The number of H-pyrrole nitrogens is 1. The summed E-state index contributed by atoms with van der Waals surface area (Å²) < 4.78 is 23.6. The minimum absolute atomic E-state index is 0.00815. The molecule has 0 radical (unpaired) electrons. The topological polar surface area (TPSA) is 67.0 Å². The van der Waals surface area contributed by atoms with E-state index >= 15 is 0 Å². The molecule has 1 N–H and O–H groups in total. The number of benzene rings is 1. The lowest BCUT2D eigenvalue weighted by molar-refractivity contribution is 0.596. The molecule has 0 aliphatic carbocycles. The van der Waals surface area contributed by atoms with E-state index in [1.807, 2.05) is 0 Å². The molecular weight excluding hydrogens is 262 g/mol.